The largest absolute Gasteiger partial charge is 0.374 e. The molecule has 1 saturated heterocycles. The third-order valence-corrected chi connectivity index (χ3v) is 7.25. The Morgan fingerprint density at radius 2 is 1.93 bits per heavy atom. The molecule has 1 aromatic heterocycles. The van der Waals surface area contributed by atoms with E-state index in [1.165, 1.54) is 0 Å². The first kappa shape index (κ1) is 21.4. The average Bonchev–Trinajstić information content (AvgIpc) is 2.60. The number of halogens is 2. The molecule has 0 bridgehead atoms. The highest BCUT2D eigenvalue weighted by molar-refractivity contribution is 7.88. The normalized spacial score (nSPS) is 18.2. The van der Waals surface area contributed by atoms with Gasteiger partial charge in [-0.05, 0) is 61.6 Å². The maximum Gasteiger partial charge on any atom is 0.218 e. The van der Waals surface area contributed by atoms with Crippen molar-refractivity contribution in [3.05, 3.63) is 57.8 Å². The van der Waals surface area contributed by atoms with Crippen molar-refractivity contribution in [3.8, 4) is 0 Å². The van der Waals surface area contributed by atoms with Gasteiger partial charge in [-0.15, -0.1) is 0 Å². The van der Waals surface area contributed by atoms with E-state index in [0.29, 0.717) is 28.7 Å². The Morgan fingerprint density at radius 1 is 1.21 bits per heavy atom. The molecular weight excluding hydrogens is 417 g/mol. The molecule has 5 nitrogen and oxygen atoms in total. The van der Waals surface area contributed by atoms with Gasteiger partial charge in [0.15, 0.2) is 0 Å². The molecule has 152 valence electrons. The molecule has 0 spiro atoms. The Kier molecular flexibility index (Phi) is 6.86. The fourth-order valence-electron chi connectivity index (χ4n) is 3.69. The van der Waals surface area contributed by atoms with Crippen LogP contribution in [0, 0.1) is 12.8 Å². The second kappa shape index (κ2) is 8.99. The third-order valence-electron chi connectivity index (χ3n) is 5.00. The summed E-state index contributed by atoms with van der Waals surface area (Å²) in [4.78, 5) is 6.41. The molecular formula is C20H25Cl2N3O2S. The first-order valence-electron chi connectivity index (χ1n) is 9.29. The minimum absolute atomic E-state index is 0.0839. The second-order valence-corrected chi connectivity index (χ2v) is 10.3. The fourth-order valence-corrected chi connectivity index (χ4v) is 5.87. The first-order valence-corrected chi connectivity index (χ1v) is 11.7. The van der Waals surface area contributed by atoms with E-state index in [4.69, 9.17) is 23.2 Å². The Balaban J connectivity index is 1.66. The number of aryl methyl sites for hydroxylation is 1. The SMILES string of the molecule is Cc1cc(N(C)CC2CCCN(S(=O)(=O)Cc3cc(Cl)cc(Cl)c3)C2)ccn1. The highest BCUT2D eigenvalue weighted by atomic mass is 35.5. The van der Waals surface area contributed by atoms with Gasteiger partial charge >= 0.3 is 0 Å². The van der Waals surface area contributed by atoms with E-state index in [0.717, 1.165) is 30.8 Å². The lowest BCUT2D eigenvalue weighted by Gasteiger charge is -2.34. The van der Waals surface area contributed by atoms with Crippen LogP contribution >= 0.6 is 23.2 Å². The molecule has 1 aromatic carbocycles. The minimum Gasteiger partial charge on any atom is -0.374 e. The Hall–Kier alpha value is -1.34. The molecule has 1 unspecified atom stereocenters. The van der Waals surface area contributed by atoms with Crippen LogP contribution < -0.4 is 4.90 Å². The van der Waals surface area contributed by atoms with Crippen LogP contribution in [0.2, 0.25) is 10.0 Å². The van der Waals surface area contributed by atoms with Gasteiger partial charge in [-0.2, -0.15) is 0 Å². The van der Waals surface area contributed by atoms with Gasteiger partial charge in [-0.1, -0.05) is 23.2 Å². The minimum atomic E-state index is -3.42. The topological polar surface area (TPSA) is 53.5 Å². The lowest BCUT2D eigenvalue weighted by Crippen LogP contribution is -2.43. The van der Waals surface area contributed by atoms with E-state index < -0.39 is 10.0 Å². The lowest BCUT2D eigenvalue weighted by molar-refractivity contribution is 0.269. The van der Waals surface area contributed by atoms with Crippen LogP contribution in [0.3, 0.4) is 0 Å². The number of nitrogens with zero attached hydrogens (tertiary/aromatic N) is 3. The maximum atomic E-state index is 12.9. The van der Waals surface area contributed by atoms with Gasteiger partial charge in [0.25, 0.3) is 0 Å². The van der Waals surface area contributed by atoms with Crippen LogP contribution in [0.5, 0.6) is 0 Å². The van der Waals surface area contributed by atoms with Gasteiger partial charge in [0, 0.05) is 54.3 Å². The second-order valence-electron chi connectivity index (χ2n) is 7.44. The standard InChI is InChI=1S/C20H25Cl2N3O2S/c1-15-8-20(5-6-23-15)24(2)12-16-4-3-7-25(13-16)28(26,27)14-17-9-18(21)11-19(22)10-17/h5-6,8-11,16H,3-4,7,12-14H2,1-2H3. The number of aromatic nitrogens is 1. The molecule has 1 aliphatic rings. The Labute approximate surface area is 177 Å². The zero-order chi connectivity index (χ0) is 20.3. The number of pyridine rings is 1. The van der Waals surface area contributed by atoms with Gasteiger partial charge in [0.1, 0.15) is 0 Å². The number of hydrogen-bond donors (Lipinski definition) is 0. The third kappa shape index (κ3) is 5.60. The number of anilines is 1. The van der Waals surface area contributed by atoms with Gasteiger partial charge in [0.05, 0.1) is 5.75 Å². The van der Waals surface area contributed by atoms with Crippen LogP contribution in [0.25, 0.3) is 0 Å². The van der Waals surface area contributed by atoms with Crippen molar-refractivity contribution >= 4 is 38.9 Å². The number of sulfonamides is 1. The first-order chi connectivity index (χ1) is 13.2. The zero-order valence-electron chi connectivity index (χ0n) is 16.1. The number of piperidine rings is 1. The van der Waals surface area contributed by atoms with Gasteiger partial charge in [0.2, 0.25) is 10.0 Å². The van der Waals surface area contributed by atoms with Crippen molar-refractivity contribution in [3.63, 3.8) is 0 Å². The van der Waals surface area contributed by atoms with Gasteiger partial charge < -0.3 is 4.90 Å². The van der Waals surface area contributed by atoms with Crippen molar-refractivity contribution in [1.29, 1.82) is 0 Å². The molecule has 1 fully saturated rings. The summed E-state index contributed by atoms with van der Waals surface area (Å²) < 4.78 is 27.5. The van der Waals surface area contributed by atoms with Crippen LogP contribution in [0.1, 0.15) is 24.1 Å². The quantitative estimate of drug-likeness (QED) is 0.667. The van der Waals surface area contributed by atoms with Gasteiger partial charge in [-0.25, -0.2) is 12.7 Å². The molecule has 3 rings (SSSR count). The van der Waals surface area contributed by atoms with Crippen LogP contribution in [0.15, 0.2) is 36.5 Å². The van der Waals surface area contributed by atoms with Crippen molar-refractivity contribution in [2.24, 2.45) is 5.92 Å². The highest BCUT2D eigenvalue weighted by Crippen LogP contribution is 2.26. The van der Waals surface area contributed by atoms with E-state index in [-0.39, 0.29) is 11.7 Å². The summed E-state index contributed by atoms with van der Waals surface area (Å²) in [5, 5.41) is 0.895. The van der Waals surface area contributed by atoms with Crippen LogP contribution in [-0.4, -0.2) is 44.4 Å². The maximum absolute atomic E-state index is 12.9. The molecule has 0 aliphatic carbocycles. The summed E-state index contributed by atoms with van der Waals surface area (Å²) in [6.45, 7) is 3.86. The number of hydrogen-bond acceptors (Lipinski definition) is 4. The molecule has 2 aromatic rings. The van der Waals surface area contributed by atoms with Crippen molar-refractivity contribution in [1.82, 2.24) is 9.29 Å². The molecule has 1 aliphatic heterocycles. The fraction of sp³-hybridized carbons (Fsp3) is 0.450. The monoisotopic (exact) mass is 441 g/mol. The molecule has 0 radical (unpaired) electrons. The average molecular weight is 442 g/mol. The van der Waals surface area contributed by atoms with E-state index in [1.54, 1.807) is 28.7 Å². The molecule has 0 saturated carbocycles. The predicted octanol–water partition coefficient (Wildman–Crippen LogP) is 4.38. The molecule has 1 atom stereocenters. The van der Waals surface area contributed by atoms with E-state index in [9.17, 15) is 8.42 Å². The summed E-state index contributed by atoms with van der Waals surface area (Å²) in [5.74, 6) is 0.198. The predicted molar refractivity (Wildman–Crippen MR) is 116 cm³/mol. The van der Waals surface area contributed by atoms with E-state index >= 15 is 0 Å². The Bertz CT molecular complexity index is 917. The summed E-state index contributed by atoms with van der Waals surface area (Å²) >= 11 is 12.0. The van der Waals surface area contributed by atoms with Gasteiger partial charge in [-0.3, -0.25) is 4.98 Å². The van der Waals surface area contributed by atoms with Crippen molar-refractivity contribution in [2.75, 3.05) is 31.6 Å². The van der Waals surface area contributed by atoms with Crippen molar-refractivity contribution < 1.29 is 8.42 Å². The van der Waals surface area contributed by atoms with Crippen molar-refractivity contribution in [2.45, 2.75) is 25.5 Å². The van der Waals surface area contributed by atoms with Crippen LogP contribution in [0.4, 0.5) is 5.69 Å². The summed E-state index contributed by atoms with van der Waals surface area (Å²) in [5.41, 5.74) is 2.68. The highest BCUT2D eigenvalue weighted by Gasteiger charge is 2.29. The lowest BCUT2D eigenvalue weighted by atomic mass is 9.99. The number of benzene rings is 1. The van der Waals surface area contributed by atoms with E-state index in [2.05, 4.69) is 9.88 Å². The molecule has 0 N–H and O–H groups in total. The number of rotatable bonds is 6. The smallest absolute Gasteiger partial charge is 0.218 e. The summed E-state index contributed by atoms with van der Waals surface area (Å²) in [6.07, 6.45) is 3.68. The molecule has 28 heavy (non-hydrogen) atoms. The molecule has 0 amide bonds. The Morgan fingerprint density at radius 3 is 2.61 bits per heavy atom. The summed E-state index contributed by atoms with van der Waals surface area (Å²) in [7, 11) is -1.38. The zero-order valence-corrected chi connectivity index (χ0v) is 18.4. The molecule has 8 heteroatoms. The van der Waals surface area contributed by atoms with E-state index in [1.807, 2.05) is 26.1 Å². The molecule has 2 heterocycles. The van der Waals surface area contributed by atoms with Crippen LogP contribution in [-0.2, 0) is 15.8 Å². The summed E-state index contributed by atoms with van der Waals surface area (Å²) in [6, 6.07) is 8.94.